The first kappa shape index (κ1) is 72.3. The number of phenols is 1. The van der Waals surface area contributed by atoms with Crippen molar-refractivity contribution >= 4 is 11.6 Å². The van der Waals surface area contributed by atoms with Crippen LogP contribution >= 0.6 is 0 Å². The average molecular weight is 2440 g/mol. The molecule has 0 aliphatic carbocycles. The Morgan fingerprint density at radius 3 is 1.17 bits per heavy atom. The average Bonchev–Trinajstić information content (AvgIpc) is 2.96. The Kier molecular flexibility index (Phi) is 48.6. The molecular formula is C31H42Ac8O13. The van der Waals surface area contributed by atoms with Gasteiger partial charge in [-0.05, 0) is 80.6 Å². The minimum Gasteiger partial charge on any atom is -0.507 e. The number of rotatable bonds is 6. The van der Waals surface area contributed by atoms with Crippen LogP contribution in [0.25, 0.3) is 0 Å². The molecule has 9 N–H and O–H groups in total. The van der Waals surface area contributed by atoms with Gasteiger partial charge in [0.15, 0.2) is 11.6 Å². The molecule has 8 radical (unpaired) electrons. The largest absolute Gasteiger partial charge is 0.507 e. The topological polar surface area (TPSA) is 235 Å². The molecule has 0 saturated carbocycles. The second-order valence-corrected chi connectivity index (χ2v) is 11.4. The smallest absolute Gasteiger partial charge is 0.163 e. The molecule has 2 aromatic carbocycles. The number of ketones is 2. The normalized spacial score (nSPS) is 27.1. The number of aryl methyl sites for hydroxylation is 3. The van der Waals surface area contributed by atoms with E-state index in [9.17, 15) is 55.5 Å². The Hall–Kier alpha value is 8.71. The summed E-state index contributed by atoms with van der Waals surface area (Å²) in [4.78, 5) is 23.2. The summed E-state index contributed by atoms with van der Waals surface area (Å²) >= 11 is 0. The van der Waals surface area contributed by atoms with Crippen LogP contribution in [0.4, 0.5) is 0 Å². The Balaban J connectivity index is -0.000000176. The number of aliphatic hydroxyl groups is 8. The van der Waals surface area contributed by atoms with Gasteiger partial charge < -0.3 is 55.4 Å². The van der Waals surface area contributed by atoms with Crippen molar-refractivity contribution in [3.8, 4) is 5.75 Å². The minimum atomic E-state index is -1.50. The third-order valence-corrected chi connectivity index (χ3v) is 8.15. The van der Waals surface area contributed by atoms with Crippen LogP contribution in [0.15, 0.2) is 24.3 Å². The molecule has 2 heterocycles. The van der Waals surface area contributed by atoms with Gasteiger partial charge in [0.05, 0.1) is 18.8 Å². The molecular weight excluding hydrogens is 2400 g/mol. The van der Waals surface area contributed by atoms with Gasteiger partial charge >= 0.3 is 0 Å². The van der Waals surface area contributed by atoms with E-state index < -0.39 is 74.3 Å². The molecule has 0 amide bonds. The van der Waals surface area contributed by atoms with E-state index in [1.807, 2.05) is 19.9 Å². The standard InChI is InChI=1S/C16H22O6.C15H20O7.8Ac/c1-7-4-8(2)11(5-10(7)9(3)18)16-15(21)14(20)13(19)12(6-17)22-16;1-6-3-10(18)9(7(2)17)4-8(6)15-14(21)13(20)12(19)11(5-16)22-15;;;;;;;;/h4-5,12-17,19-21H,6H2,1-3H3;3-4,11-16,18-21H,5H2,1-2H3;;;;;;;;. The zero-order chi connectivity index (χ0) is 33.2. The summed E-state index contributed by atoms with van der Waals surface area (Å²) in [5, 5.41) is 87.9. The number of aromatic hydroxyl groups is 1. The SMILES string of the molecule is CC(=O)c1cc(C2OC(CO)C(O)C(O)C2O)c(C)cc1C.CC(=O)c1cc(C2OC(CO)C(O)C(O)C2O)c(C)cc1O.[Ac].[Ac].[Ac].[Ac].[Ac].[Ac].[Ac].[Ac]. The molecule has 21 heteroatoms. The number of Topliss-reactive ketones (excluding diaryl/α,β-unsaturated/α-hetero) is 2. The molecule has 268 valence electrons. The van der Waals surface area contributed by atoms with E-state index in [1.165, 1.54) is 26.0 Å². The molecule has 0 aromatic heterocycles. The van der Waals surface area contributed by atoms with E-state index in [0.717, 1.165) is 11.1 Å². The minimum absolute atomic E-state index is 0. The molecule has 2 fully saturated rings. The van der Waals surface area contributed by atoms with Crippen molar-refractivity contribution in [1.29, 1.82) is 0 Å². The molecule has 2 aliphatic rings. The van der Waals surface area contributed by atoms with Gasteiger partial charge in [-0.1, -0.05) is 6.07 Å². The Bertz CT molecular complexity index is 1270. The second-order valence-electron chi connectivity index (χ2n) is 11.4. The molecule has 0 spiro atoms. The number of hydrogen-bond donors (Lipinski definition) is 9. The Morgan fingerprint density at radius 1 is 0.519 bits per heavy atom. The van der Waals surface area contributed by atoms with Crippen LogP contribution < -0.4 is 0 Å². The van der Waals surface area contributed by atoms with E-state index in [1.54, 1.807) is 13.0 Å². The van der Waals surface area contributed by atoms with E-state index in [-0.39, 0.29) is 375 Å². The number of ether oxygens (including phenoxy) is 2. The number of phenolic OH excluding ortho intramolecular Hbond substituents is 1. The van der Waals surface area contributed by atoms with Crippen LogP contribution in [-0.4, -0.2) is 120 Å². The zero-order valence-electron chi connectivity index (χ0n) is 29.8. The van der Waals surface area contributed by atoms with E-state index in [0.29, 0.717) is 22.3 Å². The molecule has 2 saturated heterocycles. The van der Waals surface area contributed by atoms with Crippen LogP contribution in [0, 0.1) is 373 Å². The van der Waals surface area contributed by atoms with Crippen molar-refractivity contribution < 1.29 is 418 Å². The fourth-order valence-electron chi connectivity index (χ4n) is 5.57. The molecule has 4 rings (SSSR count). The van der Waals surface area contributed by atoms with Crippen molar-refractivity contribution in [2.45, 2.75) is 95.7 Å². The third kappa shape index (κ3) is 19.3. The summed E-state index contributed by atoms with van der Waals surface area (Å²) in [5.41, 5.74) is 3.71. The fraction of sp³-hybridized carbons (Fsp3) is 0.548. The van der Waals surface area contributed by atoms with Gasteiger partial charge in [-0.3, -0.25) is 9.59 Å². The van der Waals surface area contributed by atoms with Crippen molar-refractivity contribution in [2.75, 3.05) is 13.2 Å². The maximum atomic E-state index is 11.7. The molecule has 2 aliphatic heterocycles. The molecule has 10 unspecified atom stereocenters. The van der Waals surface area contributed by atoms with Crippen LogP contribution in [-0.2, 0) is 9.47 Å². The van der Waals surface area contributed by atoms with Crippen LogP contribution in [0.3, 0.4) is 0 Å². The predicted molar refractivity (Wildman–Crippen MR) is 154 cm³/mol. The van der Waals surface area contributed by atoms with E-state index in [4.69, 9.17) is 9.47 Å². The summed E-state index contributed by atoms with van der Waals surface area (Å²) in [6.45, 7) is 7.02. The van der Waals surface area contributed by atoms with Crippen molar-refractivity contribution in [3.05, 3.63) is 63.2 Å². The quantitative estimate of drug-likeness (QED) is 0.166. The number of benzene rings is 2. The first-order valence-corrected chi connectivity index (χ1v) is 14.1. The van der Waals surface area contributed by atoms with Crippen molar-refractivity contribution in [1.82, 2.24) is 0 Å². The molecule has 13 nitrogen and oxygen atoms in total. The Labute approximate surface area is 591 Å². The molecule has 10 atom stereocenters. The number of carbonyl (C=O) groups excluding carboxylic acids is 2. The van der Waals surface area contributed by atoms with Crippen LogP contribution in [0.1, 0.15) is 74.6 Å². The van der Waals surface area contributed by atoms with Crippen molar-refractivity contribution in [2.24, 2.45) is 0 Å². The van der Waals surface area contributed by atoms with Gasteiger partial charge in [-0.25, -0.2) is 0 Å². The fourth-order valence-corrected chi connectivity index (χ4v) is 5.57. The monoisotopic (exact) mass is 2440 g/mol. The first-order chi connectivity index (χ1) is 20.5. The molecule has 0 bridgehead atoms. The zero-order valence-corrected chi connectivity index (χ0v) is 67.7. The molecule has 2 aromatic rings. The van der Waals surface area contributed by atoms with Crippen LogP contribution in [0.5, 0.6) is 5.75 Å². The summed E-state index contributed by atoms with van der Waals surface area (Å²) < 4.78 is 11.0. The summed E-state index contributed by atoms with van der Waals surface area (Å²) in [7, 11) is 0. The number of aliphatic hydroxyl groups excluding tert-OH is 8. The van der Waals surface area contributed by atoms with Gasteiger partial charge in [-0.15, -0.1) is 0 Å². The summed E-state index contributed by atoms with van der Waals surface area (Å²) in [6, 6.07) is 6.21. The van der Waals surface area contributed by atoms with Gasteiger partial charge in [0.25, 0.3) is 0 Å². The second kappa shape index (κ2) is 35.0. The van der Waals surface area contributed by atoms with Crippen LogP contribution in [0.2, 0.25) is 0 Å². The number of hydrogen-bond acceptors (Lipinski definition) is 13. The molecule has 52 heavy (non-hydrogen) atoms. The summed E-state index contributed by atoms with van der Waals surface area (Å²) in [6.07, 6.45) is -12.5. The number of carbonyl (C=O) groups is 2. The van der Waals surface area contributed by atoms with Gasteiger partial charge in [0.1, 0.15) is 66.8 Å². The maximum absolute atomic E-state index is 11.7. The maximum Gasteiger partial charge on any atom is 0.163 e. The summed E-state index contributed by atoms with van der Waals surface area (Å²) in [5.74, 6) is -0.648. The predicted octanol–water partition coefficient (Wildman–Crippen LogP) is -0.561. The first-order valence-electron chi connectivity index (χ1n) is 14.1. The van der Waals surface area contributed by atoms with Gasteiger partial charge in [0, 0.05) is 358 Å². The third-order valence-electron chi connectivity index (χ3n) is 8.15. The van der Waals surface area contributed by atoms with Crippen molar-refractivity contribution in [3.63, 3.8) is 0 Å². The Morgan fingerprint density at radius 2 is 0.846 bits per heavy atom. The van der Waals surface area contributed by atoms with Gasteiger partial charge in [0.2, 0.25) is 0 Å². The van der Waals surface area contributed by atoms with E-state index in [2.05, 4.69) is 0 Å². The van der Waals surface area contributed by atoms with Gasteiger partial charge in [-0.2, -0.15) is 0 Å². The van der Waals surface area contributed by atoms with E-state index >= 15 is 0 Å².